The number of nitrogens with zero attached hydrogens (tertiary/aromatic N) is 2. The summed E-state index contributed by atoms with van der Waals surface area (Å²) >= 11 is 0. The van der Waals surface area contributed by atoms with Crippen molar-refractivity contribution in [1.29, 1.82) is 0 Å². The quantitative estimate of drug-likeness (QED) is 0.224. The summed E-state index contributed by atoms with van der Waals surface area (Å²) in [7, 11) is 0. The van der Waals surface area contributed by atoms with Crippen LogP contribution < -0.4 is 0 Å². The first-order chi connectivity index (χ1) is 20.3. The van der Waals surface area contributed by atoms with E-state index in [0.717, 1.165) is 24.2 Å². The van der Waals surface area contributed by atoms with Crippen molar-refractivity contribution in [2.24, 2.45) is 0 Å². The van der Waals surface area contributed by atoms with Crippen LogP contribution >= 0.6 is 0 Å². The molecule has 0 amide bonds. The van der Waals surface area contributed by atoms with Crippen molar-refractivity contribution in [2.75, 3.05) is 0 Å². The summed E-state index contributed by atoms with van der Waals surface area (Å²) in [5.74, 6) is 1.15. The van der Waals surface area contributed by atoms with E-state index in [-0.39, 0.29) is 0 Å². The molecule has 0 bridgehead atoms. The van der Waals surface area contributed by atoms with Crippen molar-refractivity contribution in [3.8, 4) is 50.2 Å². The lowest BCUT2D eigenvalue weighted by Gasteiger charge is -2.19. The lowest BCUT2D eigenvalue weighted by atomic mass is 9.86. The third-order valence-electron chi connectivity index (χ3n) is 8.29. The lowest BCUT2D eigenvalue weighted by molar-refractivity contribution is 0.789. The van der Waals surface area contributed by atoms with E-state index in [1.54, 1.807) is 0 Å². The Balaban J connectivity index is 1.31. The minimum atomic E-state index is 0.967. The summed E-state index contributed by atoms with van der Waals surface area (Å²) in [6.45, 7) is 0. The van der Waals surface area contributed by atoms with E-state index in [0.29, 0.717) is 0 Å². The molecular formula is C39H28N2. The van der Waals surface area contributed by atoms with Gasteiger partial charge in [-0.3, -0.25) is 4.57 Å². The molecule has 41 heavy (non-hydrogen) atoms. The molecule has 0 spiro atoms. The SMILES string of the molecule is c1ccc(-c2cccc(-c3ccccc3)c2-c2cccc(-c3ccc4nc5n(c4c3)-c3ccccc3CC5)c2)cc1. The molecule has 0 radical (unpaired) electrons. The van der Waals surface area contributed by atoms with Gasteiger partial charge in [0.25, 0.3) is 0 Å². The largest absolute Gasteiger partial charge is 0.296 e. The standard InChI is InChI=1S/C39H28N2/c1-3-11-27(12-4-1)33-18-10-19-34(28-13-5-2-6-14-28)39(33)32-17-9-16-30(25-32)31-21-23-35-37(26-31)41-36-20-8-7-15-29(36)22-24-38(41)40-35/h1-21,23,25-26H,22,24H2. The van der Waals surface area contributed by atoms with Crippen LogP contribution in [-0.2, 0) is 12.8 Å². The molecule has 8 rings (SSSR count). The first-order valence-corrected chi connectivity index (χ1v) is 14.3. The number of fused-ring (bicyclic) bond motifs is 5. The first-order valence-electron chi connectivity index (χ1n) is 14.3. The Morgan fingerprint density at radius 1 is 0.463 bits per heavy atom. The summed E-state index contributed by atoms with van der Waals surface area (Å²) in [6, 6.07) is 52.5. The maximum Gasteiger partial charge on any atom is 0.114 e. The molecule has 2 heteroatoms. The summed E-state index contributed by atoms with van der Waals surface area (Å²) < 4.78 is 2.36. The smallest absolute Gasteiger partial charge is 0.114 e. The fourth-order valence-electron chi connectivity index (χ4n) is 6.36. The number of para-hydroxylation sites is 1. The molecule has 1 aromatic heterocycles. The van der Waals surface area contributed by atoms with Crippen LogP contribution in [0, 0.1) is 0 Å². The van der Waals surface area contributed by atoms with Crippen molar-refractivity contribution in [3.05, 3.63) is 157 Å². The zero-order valence-electron chi connectivity index (χ0n) is 22.7. The third-order valence-corrected chi connectivity index (χ3v) is 8.29. The van der Waals surface area contributed by atoms with Gasteiger partial charge in [0.1, 0.15) is 5.82 Å². The highest BCUT2D eigenvalue weighted by Crippen LogP contribution is 2.41. The molecule has 0 unspecified atom stereocenters. The van der Waals surface area contributed by atoms with Crippen LogP contribution in [0.15, 0.2) is 146 Å². The van der Waals surface area contributed by atoms with Crippen molar-refractivity contribution < 1.29 is 0 Å². The molecule has 1 aliphatic rings. The van der Waals surface area contributed by atoms with Crippen LogP contribution in [0.2, 0.25) is 0 Å². The summed E-state index contributed by atoms with van der Waals surface area (Å²) in [6.07, 6.45) is 2.01. The van der Waals surface area contributed by atoms with Crippen LogP contribution in [0.25, 0.3) is 61.2 Å². The summed E-state index contributed by atoms with van der Waals surface area (Å²) in [5, 5.41) is 0. The second kappa shape index (κ2) is 9.76. The van der Waals surface area contributed by atoms with Crippen molar-refractivity contribution in [2.45, 2.75) is 12.8 Å². The van der Waals surface area contributed by atoms with Gasteiger partial charge in [0.05, 0.1) is 16.7 Å². The predicted octanol–water partition coefficient (Wildman–Crippen LogP) is 9.79. The Bertz CT molecular complexity index is 1980. The van der Waals surface area contributed by atoms with Gasteiger partial charge in [0.15, 0.2) is 0 Å². The van der Waals surface area contributed by atoms with E-state index in [1.807, 2.05) is 0 Å². The minimum absolute atomic E-state index is 0.967. The Kier molecular flexibility index (Phi) is 5.63. The van der Waals surface area contributed by atoms with Crippen LogP contribution in [-0.4, -0.2) is 9.55 Å². The van der Waals surface area contributed by atoms with Gasteiger partial charge in [-0.25, -0.2) is 4.98 Å². The van der Waals surface area contributed by atoms with Gasteiger partial charge in [0.2, 0.25) is 0 Å². The highest BCUT2D eigenvalue weighted by molar-refractivity contribution is 5.96. The zero-order chi connectivity index (χ0) is 27.2. The van der Waals surface area contributed by atoms with E-state index in [9.17, 15) is 0 Å². The summed E-state index contributed by atoms with van der Waals surface area (Å²) in [5.41, 5.74) is 14.6. The molecule has 6 aromatic carbocycles. The molecule has 1 aliphatic heterocycles. The molecule has 2 nitrogen and oxygen atoms in total. The van der Waals surface area contributed by atoms with Crippen LogP contribution in [0.3, 0.4) is 0 Å². The van der Waals surface area contributed by atoms with E-state index in [2.05, 4.69) is 150 Å². The van der Waals surface area contributed by atoms with Crippen molar-refractivity contribution in [1.82, 2.24) is 9.55 Å². The first kappa shape index (κ1) is 23.7. The molecule has 0 aliphatic carbocycles. The topological polar surface area (TPSA) is 17.8 Å². The zero-order valence-corrected chi connectivity index (χ0v) is 22.7. The normalized spacial score (nSPS) is 12.2. The van der Waals surface area contributed by atoms with Gasteiger partial charge >= 0.3 is 0 Å². The lowest BCUT2D eigenvalue weighted by Crippen LogP contribution is -2.11. The summed E-state index contributed by atoms with van der Waals surface area (Å²) in [4.78, 5) is 5.01. The maximum absolute atomic E-state index is 5.01. The van der Waals surface area contributed by atoms with Crippen LogP contribution in [0.4, 0.5) is 0 Å². The fraction of sp³-hybridized carbons (Fsp3) is 0.0513. The fourth-order valence-corrected chi connectivity index (χ4v) is 6.36. The second-order valence-electron chi connectivity index (χ2n) is 10.7. The minimum Gasteiger partial charge on any atom is -0.296 e. The highest BCUT2D eigenvalue weighted by Gasteiger charge is 2.20. The van der Waals surface area contributed by atoms with Crippen molar-refractivity contribution in [3.63, 3.8) is 0 Å². The van der Waals surface area contributed by atoms with E-state index >= 15 is 0 Å². The van der Waals surface area contributed by atoms with Crippen LogP contribution in [0.1, 0.15) is 11.4 Å². The maximum atomic E-state index is 5.01. The van der Waals surface area contributed by atoms with E-state index < -0.39 is 0 Å². The molecule has 0 saturated heterocycles. The van der Waals surface area contributed by atoms with Gasteiger partial charge in [-0.2, -0.15) is 0 Å². The molecule has 194 valence electrons. The van der Waals surface area contributed by atoms with Crippen LogP contribution in [0.5, 0.6) is 0 Å². The Morgan fingerprint density at radius 2 is 1.07 bits per heavy atom. The molecular weight excluding hydrogens is 496 g/mol. The average molecular weight is 525 g/mol. The Labute approximate surface area is 240 Å². The van der Waals surface area contributed by atoms with Gasteiger partial charge in [0, 0.05) is 6.42 Å². The monoisotopic (exact) mass is 524 g/mol. The average Bonchev–Trinajstić information content (AvgIpc) is 3.44. The van der Waals surface area contributed by atoms with Crippen molar-refractivity contribution >= 4 is 11.0 Å². The molecule has 0 N–H and O–H groups in total. The molecule has 0 saturated carbocycles. The molecule has 2 heterocycles. The van der Waals surface area contributed by atoms with Gasteiger partial charge in [-0.1, -0.05) is 121 Å². The number of aromatic nitrogens is 2. The number of benzene rings is 6. The number of imidazole rings is 1. The molecule has 0 fully saturated rings. The number of hydrogen-bond acceptors (Lipinski definition) is 1. The Morgan fingerprint density at radius 3 is 1.83 bits per heavy atom. The van der Waals surface area contributed by atoms with Gasteiger partial charge < -0.3 is 0 Å². The predicted molar refractivity (Wildman–Crippen MR) is 170 cm³/mol. The number of rotatable bonds is 4. The number of aryl methyl sites for hydroxylation is 2. The molecule has 0 atom stereocenters. The van der Waals surface area contributed by atoms with E-state index in [1.165, 1.54) is 61.3 Å². The highest BCUT2D eigenvalue weighted by atomic mass is 15.1. The van der Waals surface area contributed by atoms with E-state index in [4.69, 9.17) is 4.98 Å². The Hall–Kier alpha value is -5.21. The van der Waals surface area contributed by atoms with Gasteiger partial charge in [-0.05, 0) is 80.8 Å². The third kappa shape index (κ3) is 4.08. The molecule has 7 aromatic rings. The second-order valence-corrected chi connectivity index (χ2v) is 10.7. The number of hydrogen-bond donors (Lipinski definition) is 0. The van der Waals surface area contributed by atoms with Gasteiger partial charge in [-0.15, -0.1) is 0 Å².